The van der Waals surface area contributed by atoms with Crippen molar-refractivity contribution in [1.29, 1.82) is 0 Å². The molecule has 1 aromatic heterocycles. The van der Waals surface area contributed by atoms with Gasteiger partial charge in [-0.25, -0.2) is 13.1 Å². The summed E-state index contributed by atoms with van der Waals surface area (Å²) in [5.74, 6) is -0.422. The fourth-order valence-corrected chi connectivity index (χ4v) is 4.49. The number of carbonyl (C=O) groups excluding carboxylic acids is 1. The number of halogens is 1. The zero-order valence-corrected chi connectivity index (χ0v) is 16.9. The summed E-state index contributed by atoms with van der Waals surface area (Å²) < 4.78 is 26.0. The fourth-order valence-electron chi connectivity index (χ4n) is 2.80. The summed E-state index contributed by atoms with van der Waals surface area (Å²) in [6.45, 7) is 1.93. The third-order valence-electron chi connectivity index (χ3n) is 4.21. The van der Waals surface area contributed by atoms with Gasteiger partial charge in [-0.15, -0.1) is 0 Å². The Morgan fingerprint density at radius 2 is 1.68 bits per heavy atom. The molecule has 8 heteroatoms. The Kier molecular flexibility index (Phi) is 6.16. The van der Waals surface area contributed by atoms with Crippen LogP contribution < -0.4 is 5.32 Å². The number of sulfone groups is 1. The van der Waals surface area contributed by atoms with Crippen molar-refractivity contribution in [2.24, 2.45) is 0 Å². The van der Waals surface area contributed by atoms with Gasteiger partial charge in [0.2, 0.25) is 0 Å². The second-order valence-electron chi connectivity index (χ2n) is 6.24. The van der Waals surface area contributed by atoms with E-state index in [-0.39, 0.29) is 33.8 Å². The lowest BCUT2D eigenvalue weighted by atomic mass is 10.2. The number of aromatic nitrogens is 2. The quantitative estimate of drug-likeness (QED) is 0.597. The predicted octanol–water partition coefficient (Wildman–Crippen LogP) is 3.43. The van der Waals surface area contributed by atoms with Gasteiger partial charge in [-0.05, 0) is 37.6 Å². The highest BCUT2D eigenvalue weighted by Crippen LogP contribution is 2.23. The van der Waals surface area contributed by atoms with Crippen LogP contribution in [0.15, 0.2) is 65.6 Å². The number of hydrogen-bond acceptors (Lipinski definition) is 4. The third kappa shape index (κ3) is 4.43. The second-order valence-corrected chi connectivity index (χ2v) is 8.71. The van der Waals surface area contributed by atoms with Crippen LogP contribution in [0.5, 0.6) is 0 Å². The molecule has 3 rings (SSSR count). The number of aryl methyl sites for hydroxylation is 1. The lowest BCUT2D eigenvalue weighted by Crippen LogP contribution is -2.26. The Morgan fingerprint density at radius 3 is 2.32 bits per heavy atom. The van der Waals surface area contributed by atoms with Gasteiger partial charge >= 0.3 is 0 Å². The van der Waals surface area contributed by atoms with Gasteiger partial charge in [0, 0.05) is 6.54 Å². The largest absolute Gasteiger partial charge is 0.352 e. The van der Waals surface area contributed by atoms with Gasteiger partial charge in [-0.1, -0.05) is 48.0 Å². The maximum atomic E-state index is 12.5. The zero-order chi connectivity index (χ0) is 20.1. The van der Waals surface area contributed by atoms with E-state index in [2.05, 4.69) is 10.4 Å². The first-order valence-electron chi connectivity index (χ1n) is 8.76. The maximum Gasteiger partial charge on any atom is 0.256 e. The molecular weight excluding hydrogens is 398 g/mol. The van der Waals surface area contributed by atoms with Gasteiger partial charge in [-0.2, -0.15) is 5.10 Å². The molecule has 6 nitrogen and oxygen atoms in total. The number of nitrogens with zero attached hydrogens (tertiary/aromatic N) is 2. The van der Waals surface area contributed by atoms with E-state index >= 15 is 0 Å². The summed E-state index contributed by atoms with van der Waals surface area (Å²) in [6, 6.07) is 17.5. The number of carbonyl (C=O) groups is 1. The van der Waals surface area contributed by atoms with Crippen LogP contribution >= 0.6 is 11.6 Å². The molecule has 0 fully saturated rings. The molecular formula is C20H20ClN3O3S. The highest BCUT2D eigenvalue weighted by molar-refractivity contribution is 7.91. The lowest BCUT2D eigenvalue weighted by Gasteiger charge is -2.07. The number of nitrogens with one attached hydrogen (secondary N) is 1. The molecule has 1 amide bonds. The lowest BCUT2D eigenvalue weighted by molar-refractivity contribution is 0.0953. The number of para-hydroxylation sites is 1. The van der Waals surface area contributed by atoms with E-state index in [9.17, 15) is 13.2 Å². The van der Waals surface area contributed by atoms with E-state index in [1.807, 2.05) is 30.3 Å². The van der Waals surface area contributed by atoms with E-state index in [1.165, 1.54) is 4.68 Å². The molecule has 0 aliphatic carbocycles. The summed E-state index contributed by atoms with van der Waals surface area (Å²) in [5.41, 5.74) is 1.54. The van der Waals surface area contributed by atoms with Crippen molar-refractivity contribution in [2.75, 3.05) is 12.3 Å². The number of hydrogen-bond donors (Lipinski definition) is 1. The van der Waals surface area contributed by atoms with Crippen molar-refractivity contribution in [3.05, 3.63) is 77.1 Å². The van der Waals surface area contributed by atoms with Crippen LogP contribution in [0.25, 0.3) is 5.69 Å². The van der Waals surface area contributed by atoms with Crippen molar-refractivity contribution < 1.29 is 13.2 Å². The van der Waals surface area contributed by atoms with Gasteiger partial charge < -0.3 is 5.32 Å². The van der Waals surface area contributed by atoms with E-state index in [1.54, 1.807) is 37.3 Å². The normalized spacial score (nSPS) is 11.4. The Balaban J connectivity index is 1.62. The molecule has 1 N–H and O–H groups in total. The minimum atomic E-state index is -3.36. The summed E-state index contributed by atoms with van der Waals surface area (Å²) in [5, 5.41) is 7.29. The van der Waals surface area contributed by atoms with E-state index < -0.39 is 9.84 Å². The van der Waals surface area contributed by atoms with Gasteiger partial charge in [0.05, 0.1) is 27.6 Å². The van der Waals surface area contributed by atoms with Crippen molar-refractivity contribution in [2.45, 2.75) is 18.2 Å². The van der Waals surface area contributed by atoms with Crippen LogP contribution in [0.1, 0.15) is 22.5 Å². The minimum Gasteiger partial charge on any atom is -0.352 e. The predicted molar refractivity (Wildman–Crippen MR) is 109 cm³/mol. The molecule has 0 bridgehead atoms. The van der Waals surface area contributed by atoms with Crippen LogP contribution in [0, 0.1) is 6.92 Å². The van der Waals surface area contributed by atoms with Crippen LogP contribution in [-0.2, 0) is 9.84 Å². The first-order chi connectivity index (χ1) is 13.4. The highest BCUT2D eigenvalue weighted by atomic mass is 35.5. The third-order valence-corrected chi connectivity index (χ3v) is 6.38. The molecule has 28 heavy (non-hydrogen) atoms. The Hall–Kier alpha value is -2.64. The van der Waals surface area contributed by atoms with Crippen LogP contribution in [-0.4, -0.2) is 36.4 Å². The first-order valence-corrected chi connectivity index (χ1v) is 10.8. The van der Waals surface area contributed by atoms with Crippen molar-refractivity contribution >= 4 is 27.3 Å². The van der Waals surface area contributed by atoms with E-state index in [4.69, 9.17) is 11.6 Å². The average Bonchev–Trinajstić information content (AvgIpc) is 3.00. The summed E-state index contributed by atoms with van der Waals surface area (Å²) >= 11 is 6.37. The number of rotatable bonds is 7. The smallest absolute Gasteiger partial charge is 0.256 e. The average molecular weight is 418 g/mol. The standard InChI is InChI=1S/C20H20ClN3O3S/c1-15-18(19(21)24(23-15)16-9-4-2-5-10-16)20(25)22-13-8-14-28(26,27)17-11-6-3-7-12-17/h2-7,9-12H,8,13-14H2,1H3,(H,22,25). The topological polar surface area (TPSA) is 81.1 Å². The molecule has 0 spiro atoms. The number of amides is 1. The molecule has 2 aromatic carbocycles. The minimum absolute atomic E-state index is 0.0483. The monoisotopic (exact) mass is 417 g/mol. The summed E-state index contributed by atoms with van der Waals surface area (Å²) in [4.78, 5) is 12.8. The zero-order valence-electron chi connectivity index (χ0n) is 15.3. The molecule has 0 unspecified atom stereocenters. The second kappa shape index (κ2) is 8.58. The Morgan fingerprint density at radius 1 is 1.07 bits per heavy atom. The highest BCUT2D eigenvalue weighted by Gasteiger charge is 2.21. The van der Waals surface area contributed by atoms with Crippen LogP contribution in [0.3, 0.4) is 0 Å². The van der Waals surface area contributed by atoms with E-state index in [0.717, 1.165) is 5.69 Å². The Bertz CT molecular complexity index is 1060. The molecule has 0 atom stereocenters. The summed E-state index contributed by atoms with van der Waals surface area (Å²) in [7, 11) is -3.36. The molecule has 0 aliphatic heterocycles. The van der Waals surface area contributed by atoms with Gasteiger partial charge in [0.25, 0.3) is 5.91 Å². The van der Waals surface area contributed by atoms with E-state index in [0.29, 0.717) is 12.1 Å². The molecule has 1 heterocycles. The van der Waals surface area contributed by atoms with Crippen molar-refractivity contribution in [3.8, 4) is 5.69 Å². The Labute approximate surface area is 169 Å². The SMILES string of the molecule is Cc1nn(-c2ccccc2)c(Cl)c1C(=O)NCCCS(=O)(=O)c1ccccc1. The fraction of sp³-hybridized carbons (Fsp3) is 0.200. The molecule has 0 saturated heterocycles. The molecule has 0 aliphatic rings. The van der Waals surface area contributed by atoms with Crippen molar-refractivity contribution in [3.63, 3.8) is 0 Å². The van der Waals surface area contributed by atoms with Crippen molar-refractivity contribution in [1.82, 2.24) is 15.1 Å². The summed E-state index contributed by atoms with van der Waals surface area (Å²) in [6.07, 6.45) is 0.298. The first kappa shape index (κ1) is 20.1. The maximum absolute atomic E-state index is 12.5. The van der Waals surface area contributed by atoms with Crippen LogP contribution in [0.4, 0.5) is 0 Å². The molecule has 146 valence electrons. The number of benzene rings is 2. The van der Waals surface area contributed by atoms with Gasteiger partial charge in [0.1, 0.15) is 5.15 Å². The van der Waals surface area contributed by atoms with Crippen LogP contribution in [0.2, 0.25) is 5.15 Å². The van der Waals surface area contributed by atoms with Gasteiger partial charge in [-0.3, -0.25) is 4.79 Å². The van der Waals surface area contributed by atoms with Gasteiger partial charge in [0.15, 0.2) is 9.84 Å². The molecule has 0 radical (unpaired) electrons. The molecule has 0 saturated carbocycles. The molecule has 3 aromatic rings.